The number of halogens is 1. The van der Waals surface area contributed by atoms with E-state index >= 15 is 0 Å². The number of benzene rings is 2. The van der Waals surface area contributed by atoms with E-state index in [0.717, 1.165) is 16.8 Å². The molecule has 24 heavy (non-hydrogen) atoms. The van der Waals surface area contributed by atoms with Crippen molar-refractivity contribution in [3.8, 4) is 11.5 Å². The molecule has 1 atom stereocenters. The minimum absolute atomic E-state index is 0.0625. The lowest BCUT2D eigenvalue weighted by Gasteiger charge is -2.21. The number of hydrogen-bond acceptors (Lipinski definition) is 4. The fourth-order valence-electron chi connectivity index (χ4n) is 2.78. The van der Waals surface area contributed by atoms with Crippen LogP contribution in [0, 0.1) is 0 Å². The number of carbonyl (C=O) groups excluding carboxylic acids is 1. The van der Waals surface area contributed by atoms with Gasteiger partial charge in [-0.3, -0.25) is 4.79 Å². The van der Waals surface area contributed by atoms with Crippen LogP contribution < -0.4 is 4.74 Å². The second-order valence-corrected chi connectivity index (χ2v) is 6.00. The molecular formula is C18H17ClN2O3. The molecule has 0 saturated heterocycles. The van der Waals surface area contributed by atoms with Gasteiger partial charge in [0.25, 0.3) is 0 Å². The Morgan fingerprint density at radius 3 is 2.62 bits per heavy atom. The van der Waals surface area contributed by atoms with Gasteiger partial charge in [-0.15, -0.1) is 0 Å². The van der Waals surface area contributed by atoms with Crippen LogP contribution in [0.25, 0.3) is 0 Å². The molecule has 0 spiro atoms. The number of carbonyl (C=O) groups is 1. The van der Waals surface area contributed by atoms with E-state index in [4.69, 9.17) is 16.3 Å². The Labute approximate surface area is 145 Å². The Morgan fingerprint density at radius 1 is 1.29 bits per heavy atom. The van der Waals surface area contributed by atoms with Crippen molar-refractivity contribution in [3.63, 3.8) is 0 Å². The average Bonchev–Trinajstić information content (AvgIpc) is 3.01. The number of phenols is 1. The molecule has 1 N–H and O–H groups in total. The first-order valence-electron chi connectivity index (χ1n) is 7.49. The monoisotopic (exact) mass is 344 g/mol. The maximum absolute atomic E-state index is 12.0. The first kappa shape index (κ1) is 16.3. The van der Waals surface area contributed by atoms with Crippen LogP contribution in [0.3, 0.4) is 0 Å². The lowest BCUT2D eigenvalue weighted by Crippen LogP contribution is -2.24. The highest BCUT2D eigenvalue weighted by Crippen LogP contribution is 2.36. The highest BCUT2D eigenvalue weighted by molar-refractivity contribution is 6.30. The van der Waals surface area contributed by atoms with Crippen LogP contribution in [-0.2, 0) is 4.79 Å². The molecule has 0 aromatic heterocycles. The molecule has 1 heterocycles. The van der Waals surface area contributed by atoms with E-state index in [0.29, 0.717) is 17.2 Å². The predicted molar refractivity (Wildman–Crippen MR) is 92.5 cm³/mol. The molecule has 0 fully saturated rings. The van der Waals surface area contributed by atoms with Crippen LogP contribution >= 0.6 is 11.6 Å². The van der Waals surface area contributed by atoms with Gasteiger partial charge in [-0.1, -0.05) is 29.8 Å². The number of hydrazone groups is 1. The second kappa shape index (κ2) is 6.53. The standard InChI is InChI=1S/C18H17ClN2O3/c1-11(22)21-16(13-5-8-17(23)18(9-13)24-2)10-15(20-21)12-3-6-14(19)7-4-12/h3-9,16,23H,10H2,1-2H3. The van der Waals surface area contributed by atoms with Gasteiger partial charge in [0, 0.05) is 18.4 Å². The fourth-order valence-corrected chi connectivity index (χ4v) is 2.90. The van der Waals surface area contributed by atoms with Gasteiger partial charge in [0.15, 0.2) is 11.5 Å². The number of hydrogen-bond donors (Lipinski definition) is 1. The largest absolute Gasteiger partial charge is 0.504 e. The van der Waals surface area contributed by atoms with E-state index in [1.165, 1.54) is 19.0 Å². The lowest BCUT2D eigenvalue weighted by molar-refractivity contribution is -0.130. The summed E-state index contributed by atoms with van der Waals surface area (Å²) in [5.74, 6) is 0.291. The lowest BCUT2D eigenvalue weighted by atomic mass is 9.98. The number of ether oxygens (including phenoxy) is 1. The van der Waals surface area contributed by atoms with Gasteiger partial charge in [0.2, 0.25) is 5.91 Å². The number of nitrogens with zero attached hydrogens (tertiary/aromatic N) is 2. The zero-order valence-corrected chi connectivity index (χ0v) is 14.1. The number of phenolic OH excluding ortho intramolecular Hbond substituents is 1. The Bertz CT molecular complexity index is 802. The molecule has 0 radical (unpaired) electrons. The molecule has 5 nitrogen and oxygen atoms in total. The average molecular weight is 345 g/mol. The van der Waals surface area contributed by atoms with E-state index < -0.39 is 0 Å². The van der Waals surface area contributed by atoms with Crippen molar-refractivity contribution in [1.82, 2.24) is 5.01 Å². The van der Waals surface area contributed by atoms with Gasteiger partial charge >= 0.3 is 0 Å². The number of methoxy groups -OCH3 is 1. The summed E-state index contributed by atoms with van der Waals surface area (Å²) in [7, 11) is 1.49. The first-order chi connectivity index (χ1) is 11.5. The Kier molecular flexibility index (Phi) is 4.44. The van der Waals surface area contributed by atoms with Crippen molar-refractivity contribution < 1.29 is 14.6 Å². The van der Waals surface area contributed by atoms with E-state index in [2.05, 4.69) is 5.10 Å². The van der Waals surface area contributed by atoms with Crippen molar-refractivity contribution in [2.24, 2.45) is 5.10 Å². The molecular weight excluding hydrogens is 328 g/mol. The van der Waals surface area contributed by atoms with Crippen molar-refractivity contribution in [1.29, 1.82) is 0 Å². The second-order valence-electron chi connectivity index (χ2n) is 5.57. The van der Waals surface area contributed by atoms with Gasteiger partial charge in [-0.05, 0) is 35.4 Å². The van der Waals surface area contributed by atoms with Crippen LogP contribution in [0.5, 0.6) is 11.5 Å². The van der Waals surface area contributed by atoms with E-state index in [1.54, 1.807) is 30.3 Å². The van der Waals surface area contributed by atoms with E-state index in [-0.39, 0.29) is 17.7 Å². The van der Waals surface area contributed by atoms with Crippen LogP contribution in [-0.4, -0.2) is 28.8 Å². The Balaban J connectivity index is 1.95. The smallest absolute Gasteiger partial charge is 0.240 e. The molecule has 1 unspecified atom stereocenters. The molecule has 2 aromatic carbocycles. The highest BCUT2D eigenvalue weighted by atomic mass is 35.5. The third-order valence-corrected chi connectivity index (χ3v) is 4.25. The van der Waals surface area contributed by atoms with Gasteiger partial charge in [0.1, 0.15) is 0 Å². The summed E-state index contributed by atoms with van der Waals surface area (Å²) in [6.45, 7) is 1.49. The van der Waals surface area contributed by atoms with Gasteiger partial charge in [-0.2, -0.15) is 5.10 Å². The molecule has 6 heteroatoms. The predicted octanol–water partition coefficient (Wildman–Crippen LogP) is 3.75. The number of aromatic hydroxyl groups is 1. The van der Waals surface area contributed by atoms with E-state index in [9.17, 15) is 9.90 Å². The van der Waals surface area contributed by atoms with Gasteiger partial charge in [-0.25, -0.2) is 5.01 Å². The number of amides is 1. The normalized spacial score (nSPS) is 16.9. The van der Waals surface area contributed by atoms with Crippen molar-refractivity contribution in [3.05, 3.63) is 58.6 Å². The molecule has 124 valence electrons. The zero-order chi connectivity index (χ0) is 17.3. The summed E-state index contributed by atoms with van der Waals surface area (Å²) < 4.78 is 5.16. The number of rotatable bonds is 3. The third-order valence-electron chi connectivity index (χ3n) is 4.00. The van der Waals surface area contributed by atoms with Crippen LogP contribution in [0.4, 0.5) is 0 Å². The summed E-state index contributed by atoms with van der Waals surface area (Å²) in [5, 5.41) is 16.4. The zero-order valence-electron chi connectivity index (χ0n) is 13.4. The molecule has 1 amide bonds. The summed E-state index contributed by atoms with van der Waals surface area (Å²) >= 11 is 5.93. The quantitative estimate of drug-likeness (QED) is 0.922. The third kappa shape index (κ3) is 3.08. The van der Waals surface area contributed by atoms with Crippen molar-refractivity contribution in [2.45, 2.75) is 19.4 Å². The summed E-state index contributed by atoms with van der Waals surface area (Å²) in [4.78, 5) is 12.0. The molecule has 0 aliphatic carbocycles. The topological polar surface area (TPSA) is 62.1 Å². The SMILES string of the molecule is COc1cc(C2CC(c3ccc(Cl)cc3)=NN2C(C)=O)ccc1O. The molecule has 1 aliphatic rings. The molecule has 0 bridgehead atoms. The van der Waals surface area contributed by atoms with Crippen LogP contribution in [0.2, 0.25) is 5.02 Å². The Hall–Kier alpha value is -2.53. The summed E-state index contributed by atoms with van der Waals surface area (Å²) in [6, 6.07) is 12.2. The van der Waals surface area contributed by atoms with Gasteiger partial charge < -0.3 is 9.84 Å². The van der Waals surface area contributed by atoms with Crippen molar-refractivity contribution in [2.75, 3.05) is 7.11 Å². The highest BCUT2D eigenvalue weighted by Gasteiger charge is 2.31. The molecule has 1 aliphatic heterocycles. The minimum atomic E-state index is -0.234. The maximum atomic E-state index is 12.0. The van der Waals surface area contributed by atoms with Gasteiger partial charge in [0.05, 0.1) is 18.9 Å². The maximum Gasteiger partial charge on any atom is 0.240 e. The molecule has 2 aromatic rings. The summed E-state index contributed by atoms with van der Waals surface area (Å²) in [6.07, 6.45) is 0.579. The van der Waals surface area contributed by atoms with E-state index in [1.807, 2.05) is 12.1 Å². The molecule has 3 rings (SSSR count). The Morgan fingerprint density at radius 2 is 2.00 bits per heavy atom. The van der Waals surface area contributed by atoms with Crippen molar-refractivity contribution >= 4 is 23.2 Å². The fraction of sp³-hybridized carbons (Fsp3) is 0.222. The first-order valence-corrected chi connectivity index (χ1v) is 7.87. The minimum Gasteiger partial charge on any atom is -0.504 e. The van der Waals surface area contributed by atoms with Crippen LogP contribution in [0.1, 0.15) is 30.5 Å². The van der Waals surface area contributed by atoms with Crippen LogP contribution in [0.15, 0.2) is 47.6 Å². The summed E-state index contributed by atoms with van der Waals surface area (Å²) in [5.41, 5.74) is 2.60. The molecule has 0 saturated carbocycles.